The first-order valence-corrected chi connectivity index (χ1v) is 6.15. The average molecular weight is 232 g/mol. The van der Waals surface area contributed by atoms with E-state index < -0.39 is 0 Å². The third-order valence-corrected chi connectivity index (χ3v) is 2.59. The Kier molecular flexibility index (Phi) is 6.08. The normalized spacial score (nSPS) is 9.94. The summed E-state index contributed by atoms with van der Waals surface area (Å²) in [5, 5.41) is 0. The summed E-state index contributed by atoms with van der Waals surface area (Å²) in [6.07, 6.45) is 6.40. The van der Waals surface area contributed by atoms with Crippen LogP contribution in [-0.2, 0) is 11.2 Å². The van der Waals surface area contributed by atoms with Gasteiger partial charge in [-0.05, 0) is 50.3 Å². The van der Waals surface area contributed by atoms with Gasteiger partial charge in [0.1, 0.15) is 0 Å². The molecule has 1 rings (SSSR count). The quantitative estimate of drug-likeness (QED) is 0.406. The Morgan fingerprint density at radius 3 is 2.59 bits per heavy atom. The fraction of sp³-hybridized carbons (Fsp3) is 0.400. The zero-order chi connectivity index (χ0) is 12.5. The van der Waals surface area contributed by atoms with E-state index in [1.165, 1.54) is 12.0 Å². The maximum atomic E-state index is 11.4. The fourth-order valence-electron chi connectivity index (χ4n) is 1.64. The molecule has 0 aliphatic carbocycles. The minimum Gasteiger partial charge on any atom is -0.462 e. The van der Waals surface area contributed by atoms with Gasteiger partial charge < -0.3 is 4.74 Å². The van der Waals surface area contributed by atoms with Crippen molar-refractivity contribution in [1.82, 2.24) is 0 Å². The number of benzene rings is 1. The van der Waals surface area contributed by atoms with Crippen LogP contribution in [0.3, 0.4) is 0 Å². The molecular weight excluding hydrogens is 212 g/mol. The van der Waals surface area contributed by atoms with Crippen LogP contribution in [0.15, 0.2) is 36.9 Å². The molecule has 0 amide bonds. The molecule has 0 aromatic heterocycles. The summed E-state index contributed by atoms with van der Waals surface area (Å²) in [6.45, 7) is 5.93. The van der Waals surface area contributed by atoms with Crippen molar-refractivity contribution in [3.63, 3.8) is 0 Å². The van der Waals surface area contributed by atoms with Crippen molar-refractivity contribution in [2.24, 2.45) is 0 Å². The fourth-order valence-corrected chi connectivity index (χ4v) is 1.64. The third-order valence-electron chi connectivity index (χ3n) is 2.59. The van der Waals surface area contributed by atoms with Crippen molar-refractivity contribution in [2.75, 3.05) is 6.61 Å². The van der Waals surface area contributed by atoms with Crippen LogP contribution >= 0.6 is 0 Å². The van der Waals surface area contributed by atoms with Gasteiger partial charge in [0.25, 0.3) is 0 Å². The molecule has 0 spiro atoms. The molecular formula is C15H20O2. The van der Waals surface area contributed by atoms with Crippen molar-refractivity contribution < 1.29 is 9.53 Å². The minimum absolute atomic E-state index is 0.245. The van der Waals surface area contributed by atoms with E-state index in [9.17, 15) is 4.79 Å². The second kappa shape index (κ2) is 7.66. The molecule has 0 aliphatic rings. The Morgan fingerprint density at radius 1 is 1.29 bits per heavy atom. The summed E-state index contributed by atoms with van der Waals surface area (Å²) in [5.41, 5.74) is 1.89. The van der Waals surface area contributed by atoms with Crippen LogP contribution in [0.2, 0.25) is 0 Å². The lowest BCUT2D eigenvalue weighted by molar-refractivity contribution is 0.0526. The van der Waals surface area contributed by atoms with Crippen LogP contribution in [0.1, 0.15) is 42.1 Å². The highest BCUT2D eigenvalue weighted by molar-refractivity contribution is 5.89. The molecule has 17 heavy (non-hydrogen) atoms. The standard InChI is InChI=1S/C15H20O2/c1-3-5-6-7-8-13-9-11-14(12-10-13)15(16)17-4-2/h3,9-12H,1,4-8H2,2H3. The molecule has 0 aliphatic heterocycles. The molecule has 1 aromatic rings. The largest absolute Gasteiger partial charge is 0.462 e. The van der Waals surface area contributed by atoms with Crippen molar-refractivity contribution in [3.05, 3.63) is 48.0 Å². The molecule has 0 atom stereocenters. The summed E-state index contributed by atoms with van der Waals surface area (Å²) in [5.74, 6) is -0.245. The van der Waals surface area contributed by atoms with Gasteiger partial charge in [0.05, 0.1) is 12.2 Å². The molecule has 0 N–H and O–H groups in total. The van der Waals surface area contributed by atoms with E-state index in [0.29, 0.717) is 12.2 Å². The molecule has 0 unspecified atom stereocenters. The molecule has 2 heteroatoms. The number of allylic oxidation sites excluding steroid dienone is 1. The SMILES string of the molecule is C=CCCCCc1ccc(C(=O)OCC)cc1. The van der Waals surface area contributed by atoms with Crippen LogP contribution in [0.25, 0.3) is 0 Å². The van der Waals surface area contributed by atoms with Crippen LogP contribution in [0, 0.1) is 0 Å². The van der Waals surface area contributed by atoms with Crippen molar-refractivity contribution in [3.8, 4) is 0 Å². The topological polar surface area (TPSA) is 26.3 Å². The Balaban J connectivity index is 2.44. The minimum atomic E-state index is -0.245. The van der Waals surface area contributed by atoms with Crippen molar-refractivity contribution in [1.29, 1.82) is 0 Å². The van der Waals surface area contributed by atoms with E-state index in [0.717, 1.165) is 19.3 Å². The number of aryl methyl sites for hydroxylation is 1. The molecule has 0 saturated carbocycles. The zero-order valence-corrected chi connectivity index (χ0v) is 10.4. The van der Waals surface area contributed by atoms with E-state index in [4.69, 9.17) is 4.74 Å². The summed E-state index contributed by atoms with van der Waals surface area (Å²) < 4.78 is 4.93. The van der Waals surface area contributed by atoms with Crippen LogP contribution < -0.4 is 0 Å². The van der Waals surface area contributed by atoms with E-state index in [-0.39, 0.29) is 5.97 Å². The number of unbranched alkanes of at least 4 members (excludes halogenated alkanes) is 2. The van der Waals surface area contributed by atoms with Gasteiger partial charge >= 0.3 is 5.97 Å². The number of carbonyl (C=O) groups excluding carboxylic acids is 1. The van der Waals surface area contributed by atoms with Crippen LogP contribution in [0.5, 0.6) is 0 Å². The maximum absolute atomic E-state index is 11.4. The van der Waals surface area contributed by atoms with Crippen molar-refractivity contribution in [2.45, 2.75) is 32.6 Å². The predicted octanol–water partition coefficient (Wildman–Crippen LogP) is 3.76. The number of rotatable bonds is 7. The second-order valence-corrected chi connectivity index (χ2v) is 3.95. The van der Waals surface area contributed by atoms with Gasteiger partial charge in [0.2, 0.25) is 0 Å². The first-order chi connectivity index (χ1) is 8.27. The van der Waals surface area contributed by atoms with E-state index in [1.807, 2.05) is 37.3 Å². The predicted molar refractivity (Wildman–Crippen MR) is 70.2 cm³/mol. The molecule has 2 nitrogen and oxygen atoms in total. The molecule has 0 bridgehead atoms. The van der Waals surface area contributed by atoms with E-state index in [1.54, 1.807) is 0 Å². The van der Waals surface area contributed by atoms with Gasteiger partial charge in [0, 0.05) is 0 Å². The Hall–Kier alpha value is -1.57. The average Bonchev–Trinajstić information content (AvgIpc) is 2.36. The van der Waals surface area contributed by atoms with Gasteiger partial charge in [-0.1, -0.05) is 18.2 Å². The number of carbonyl (C=O) groups is 1. The molecule has 0 heterocycles. The smallest absolute Gasteiger partial charge is 0.338 e. The highest BCUT2D eigenvalue weighted by atomic mass is 16.5. The Morgan fingerprint density at radius 2 is 2.00 bits per heavy atom. The Labute approximate surface area is 103 Å². The number of hydrogen-bond donors (Lipinski definition) is 0. The maximum Gasteiger partial charge on any atom is 0.338 e. The Bertz CT molecular complexity index is 352. The van der Waals surface area contributed by atoms with Gasteiger partial charge in [-0.25, -0.2) is 4.79 Å². The first kappa shape index (κ1) is 13.5. The van der Waals surface area contributed by atoms with Crippen LogP contribution in [0.4, 0.5) is 0 Å². The van der Waals surface area contributed by atoms with E-state index >= 15 is 0 Å². The van der Waals surface area contributed by atoms with Crippen molar-refractivity contribution >= 4 is 5.97 Å². The summed E-state index contributed by atoms with van der Waals surface area (Å²) in [4.78, 5) is 11.4. The third kappa shape index (κ3) is 4.85. The molecule has 0 radical (unpaired) electrons. The lowest BCUT2D eigenvalue weighted by atomic mass is 10.1. The number of esters is 1. The molecule has 0 fully saturated rings. The summed E-state index contributed by atoms with van der Waals surface area (Å²) in [7, 11) is 0. The van der Waals surface area contributed by atoms with Gasteiger partial charge in [-0.3, -0.25) is 0 Å². The van der Waals surface area contributed by atoms with E-state index in [2.05, 4.69) is 6.58 Å². The molecule has 1 aromatic carbocycles. The monoisotopic (exact) mass is 232 g/mol. The second-order valence-electron chi connectivity index (χ2n) is 3.95. The lowest BCUT2D eigenvalue weighted by Crippen LogP contribution is -2.04. The van der Waals surface area contributed by atoms with Gasteiger partial charge in [0.15, 0.2) is 0 Å². The number of hydrogen-bond acceptors (Lipinski definition) is 2. The molecule has 92 valence electrons. The zero-order valence-electron chi connectivity index (χ0n) is 10.4. The highest BCUT2D eigenvalue weighted by Crippen LogP contribution is 2.10. The van der Waals surface area contributed by atoms with Gasteiger partial charge in [-0.15, -0.1) is 6.58 Å². The lowest BCUT2D eigenvalue weighted by Gasteiger charge is -2.04. The highest BCUT2D eigenvalue weighted by Gasteiger charge is 2.05. The summed E-state index contributed by atoms with van der Waals surface area (Å²) in [6, 6.07) is 7.67. The molecule has 0 saturated heterocycles. The summed E-state index contributed by atoms with van der Waals surface area (Å²) >= 11 is 0. The van der Waals surface area contributed by atoms with Gasteiger partial charge in [-0.2, -0.15) is 0 Å². The number of ether oxygens (including phenoxy) is 1. The van der Waals surface area contributed by atoms with Crippen LogP contribution in [-0.4, -0.2) is 12.6 Å². The first-order valence-electron chi connectivity index (χ1n) is 6.15.